The van der Waals surface area contributed by atoms with Crippen LogP contribution in [0.3, 0.4) is 0 Å². The lowest BCUT2D eigenvalue weighted by molar-refractivity contribution is 0.122. The van der Waals surface area contributed by atoms with E-state index in [4.69, 9.17) is 9.72 Å². The summed E-state index contributed by atoms with van der Waals surface area (Å²) in [5.41, 5.74) is 3.54. The fourth-order valence-electron chi connectivity index (χ4n) is 3.58. The molecule has 0 spiro atoms. The maximum atomic E-state index is 9.46. The Morgan fingerprint density at radius 1 is 0.962 bits per heavy atom. The Hall–Kier alpha value is -2.65. The van der Waals surface area contributed by atoms with Crippen molar-refractivity contribution in [3.8, 4) is 17.3 Å². The van der Waals surface area contributed by atoms with Crippen LogP contribution in [0.4, 0.5) is 11.6 Å². The first-order chi connectivity index (χ1) is 12.8. The van der Waals surface area contributed by atoms with Crippen LogP contribution in [-0.4, -0.2) is 49.4 Å². The molecule has 0 bridgehead atoms. The molecule has 2 aliphatic rings. The number of hydrogen-bond acceptors (Lipinski definition) is 6. The third-order valence-electron chi connectivity index (χ3n) is 5.00. The Morgan fingerprint density at radius 2 is 1.77 bits per heavy atom. The molecule has 0 amide bonds. The van der Waals surface area contributed by atoms with Crippen molar-refractivity contribution in [1.82, 2.24) is 9.97 Å². The second-order valence-corrected chi connectivity index (χ2v) is 6.77. The standard InChI is InChI=1S/C20H23N5O/c21-15-16-12-17(14-18(13-16)24-8-10-26-11-9-24)19-4-5-22-20(23-19)25-6-2-1-3-7-25/h4-5,12-14H,1-3,6-11H2. The van der Waals surface area contributed by atoms with Crippen molar-refractivity contribution in [3.63, 3.8) is 0 Å². The van der Waals surface area contributed by atoms with E-state index in [1.165, 1.54) is 19.3 Å². The summed E-state index contributed by atoms with van der Waals surface area (Å²) in [5, 5.41) is 9.46. The minimum Gasteiger partial charge on any atom is -0.378 e. The average Bonchev–Trinajstić information content (AvgIpc) is 2.75. The molecule has 0 saturated carbocycles. The lowest BCUT2D eigenvalue weighted by Gasteiger charge is -2.29. The number of rotatable bonds is 3. The molecule has 2 fully saturated rings. The minimum atomic E-state index is 0.655. The van der Waals surface area contributed by atoms with Crippen molar-refractivity contribution in [1.29, 1.82) is 5.26 Å². The van der Waals surface area contributed by atoms with Crippen molar-refractivity contribution < 1.29 is 4.74 Å². The number of nitrogens with zero attached hydrogens (tertiary/aromatic N) is 5. The SMILES string of the molecule is N#Cc1cc(-c2ccnc(N3CCCCC3)n2)cc(N2CCOCC2)c1. The van der Waals surface area contributed by atoms with Gasteiger partial charge < -0.3 is 14.5 Å². The van der Waals surface area contributed by atoms with E-state index < -0.39 is 0 Å². The summed E-state index contributed by atoms with van der Waals surface area (Å²) in [6.45, 7) is 5.16. The van der Waals surface area contributed by atoms with Gasteiger partial charge in [-0.25, -0.2) is 9.97 Å². The van der Waals surface area contributed by atoms with Gasteiger partial charge in [-0.3, -0.25) is 0 Å². The zero-order chi connectivity index (χ0) is 17.8. The van der Waals surface area contributed by atoms with E-state index in [0.29, 0.717) is 5.56 Å². The Kier molecular flexibility index (Phi) is 4.98. The molecule has 2 aromatic rings. The van der Waals surface area contributed by atoms with Crippen molar-refractivity contribution in [2.45, 2.75) is 19.3 Å². The van der Waals surface area contributed by atoms with Crippen LogP contribution in [0, 0.1) is 11.3 Å². The summed E-state index contributed by atoms with van der Waals surface area (Å²) in [6.07, 6.45) is 5.49. The molecule has 0 atom stereocenters. The Morgan fingerprint density at radius 3 is 2.54 bits per heavy atom. The number of morpholine rings is 1. The molecule has 4 rings (SSSR count). The van der Waals surface area contributed by atoms with E-state index >= 15 is 0 Å². The minimum absolute atomic E-state index is 0.655. The van der Waals surface area contributed by atoms with E-state index in [-0.39, 0.29) is 0 Å². The summed E-state index contributed by atoms with van der Waals surface area (Å²) in [7, 11) is 0. The number of piperidine rings is 1. The van der Waals surface area contributed by atoms with Crippen LogP contribution in [0.1, 0.15) is 24.8 Å². The number of hydrogen-bond donors (Lipinski definition) is 0. The van der Waals surface area contributed by atoms with Crippen LogP contribution >= 0.6 is 0 Å². The topological polar surface area (TPSA) is 65.3 Å². The number of benzene rings is 1. The van der Waals surface area contributed by atoms with Crippen LogP contribution in [-0.2, 0) is 4.74 Å². The second-order valence-electron chi connectivity index (χ2n) is 6.77. The number of anilines is 2. The van der Waals surface area contributed by atoms with Crippen molar-refractivity contribution in [2.24, 2.45) is 0 Å². The molecule has 0 N–H and O–H groups in total. The molecule has 6 heteroatoms. The van der Waals surface area contributed by atoms with Gasteiger partial charge in [0.15, 0.2) is 0 Å². The maximum Gasteiger partial charge on any atom is 0.225 e. The highest BCUT2D eigenvalue weighted by Gasteiger charge is 2.16. The highest BCUT2D eigenvalue weighted by molar-refractivity contribution is 5.69. The first-order valence-corrected chi connectivity index (χ1v) is 9.30. The predicted molar refractivity (Wildman–Crippen MR) is 101 cm³/mol. The van der Waals surface area contributed by atoms with Crippen LogP contribution in [0.15, 0.2) is 30.5 Å². The Bertz CT molecular complexity index is 804. The molecule has 0 radical (unpaired) electrons. The van der Waals surface area contributed by atoms with E-state index in [1.807, 2.05) is 24.4 Å². The molecule has 0 unspecified atom stereocenters. The molecule has 1 aromatic carbocycles. The summed E-state index contributed by atoms with van der Waals surface area (Å²) < 4.78 is 5.44. The van der Waals surface area contributed by atoms with E-state index in [1.54, 1.807) is 0 Å². The second kappa shape index (κ2) is 7.71. The molecule has 26 heavy (non-hydrogen) atoms. The fraction of sp³-hybridized carbons (Fsp3) is 0.450. The fourth-order valence-corrected chi connectivity index (χ4v) is 3.58. The van der Waals surface area contributed by atoms with E-state index in [2.05, 4.69) is 26.9 Å². The molecule has 1 aromatic heterocycles. The lowest BCUT2D eigenvalue weighted by atomic mass is 10.1. The van der Waals surface area contributed by atoms with Crippen molar-refractivity contribution >= 4 is 11.6 Å². The zero-order valence-electron chi connectivity index (χ0n) is 14.9. The summed E-state index contributed by atoms with van der Waals surface area (Å²) in [5.74, 6) is 0.789. The molecule has 6 nitrogen and oxygen atoms in total. The van der Waals surface area contributed by atoms with Gasteiger partial charge in [0.25, 0.3) is 0 Å². The van der Waals surface area contributed by atoms with Gasteiger partial charge in [-0.15, -0.1) is 0 Å². The lowest BCUT2D eigenvalue weighted by Crippen LogP contribution is -2.36. The zero-order valence-corrected chi connectivity index (χ0v) is 14.9. The van der Waals surface area contributed by atoms with Gasteiger partial charge in [0.1, 0.15) is 0 Å². The Balaban J connectivity index is 1.67. The number of aromatic nitrogens is 2. The highest BCUT2D eigenvalue weighted by Crippen LogP contribution is 2.27. The highest BCUT2D eigenvalue weighted by atomic mass is 16.5. The Labute approximate surface area is 154 Å². The summed E-state index contributed by atoms with van der Waals surface area (Å²) in [6, 6.07) is 10.2. The molecule has 0 aliphatic carbocycles. The molecule has 2 aliphatic heterocycles. The van der Waals surface area contributed by atoms with E-state index in [9.17, 15) is 5.26 Å². The molecule has 3 heterocycles. The molecule has 2 saturated heterocycles. The quantitative estimate of drug-likeness (QED) is 0.849. The number of nitriles is 1. The van der Waals surface area contributed by atoms with E-state index in [0.717, 1.165) is 62.3 Å². The number of ether oxygens (including phenoxy) is 1. The van der Waals surface area contributed by atoms with Gasteiger partial charge in [0.2, 0.25) is 5.95 Å². The monoisotopic (exact) mass is 349 g/mol. The maximum absolute atomic E-state index is 9.46. The van der Waals surface area contributed by atoms with Crippen LogP contribution < -0.4 is 9.80 Å². The largest absolute Gasteiger partial charge is 0.378 e. The van der Waals surface area contributed by atoms with Crippen LogP contribution in [0.2, 0.25) is 0 Å². The third kappa shape index (κ3) is 3.63. The van der Waals surface area contributed by atoms with Gasteiger partial charge in [0, 0.05) is 43.6 Å². The van der Waals surface area contributed by atoms with Crippen molar-refractivity contribution in [3.05, 3.63) is 36.0 Å². The van der Waals surface area contributed by atoms with Crippen LogP contribution in [0.25, 0.3) is 11.3 Å². The normalized spacial score (nSPS) is 17.8. The molecule has 134 valence electrons. The average molecular weight is 349 g/mol. The van der Waals surface area contributed by atoms with Gasteiger partial charge in [0.05, 0.1) is 30.5 Å². The first kappa shape index (κ1) is 16.8. The van der Waals surface area contributed by atoms with Gasteiger partial charge in [-0.05, 0) is 43.5 Å². The third-order valence-corrected chi connectivity index (χ3v) is 5.00. The van der Waals surface area contributed by atoms with Crippen LogP contribution in [0.5, 0.6) is 0 Å². The van der Waals surface area contributed by atoms with Gasteiger partial charge in [-0.1, -0.05) is 0 Å². The first-order valence-electron chi connectivity index (χ1n) is 9.30. The van der Waals surface area contributed by atoms with Gasteiger partial charge >= 0.3 is 0 Å². The molecular weight excluding hydrogens is 326 g/mol. The predicted octanol–water partition coefficient (Wildman–Crippen LogP) is 2.84. The summed E-state index contributed by atoms with van der Waals surface area (Å²) >= 11 is 0. The molecular formula is C20H23N5O. The van der Waals surface area contributed by atoms with Crippen molar-refractivity contribution in [2.75, 3.05) is 49.2 Å². The van der Waals surface area contributed by atoms with Gasteiger partial charge in [-0.2, -0.15) is 5.26 Å². The summed E-state index contributed by atoms with van der Waals surface area (Å²) in [4.78, 5) is 13.8. The smallest absolute Gasteiger partial charge is 0.225 e.